The summed E-state index contributed by atoms with van der Waals surface area (Å²) in [6, 6.07) is 6.83. The number of hydrogen-bond donors (Lipinski definition) is 2. The molecular formula is C16H15ClN2O5. The fraction of sp³-hybridized carbons (Fsp3) is 0.250. The molecule has 0 saturated heterocycles. The van der Waals surface area contributed by atoms with Crippen LogP contribution in [-0.2, 0) is 16.1 Å². The smallest absolute Gasteiger partial charge is 0.355 e. The summed E-state index contributed by atoms with van der Waals surface area (Å²) in [5.41, 5.74) is 1.04. The lowest BCUT2D eigenvalue weighted by Gasteiger charge is -2.13. The van der Waals surface area contributed by atoms with E-state index in [2.05, 4.69) is 10.3 Å². The number of rotatable bonds is 5. The molecule has 126 valence electrons. The van der Waals surface area contributed by atoms with Gasteiger partial charge in [0.05, 0.1) is 5.02 Å². The van der Waals surface area contributed by atoms with E-state index in [1.54, 1.807) is 12.1 Å². The summed E-state index contributed by atoms with van der Waals surface area (Å²) in [5, 5.41) is 3.09. The maximum absolute atomic E-state index is 12.0. The van der Waals surface area contributed by atoms with E-state index in [1.807, 2.05) is 6.07 Å². The lowest BCUT2D eigenvalue weighted by Crippen LogP contribution is -2.35. The van der Waals surface area contributed by atoms with E-state index < -0.39 is 18.0 Å². The number of aromatic nitrogens is 1. The number of fused-ring (bicyclic) bond motifs is 1. The first kappa shape index (κ1) is 16.2. The molecule has 0 spiro atoms. The monoisotopic (exact) mass is 350 g/mol. The Bertz CT molecular complexity index is 774. The highest BCUT2D eigenvalue weighted by Gasteiger charge is 2.20. The molecule has 2 N–H and O–H groups in total. The van der Waals surface area contributed by atoms with Crippen LogP contribution in [0.2, 0.25) is 5.02 Å². The molecule has 1 aliphatic rings. The lowest BCUT2D eigenvalue weighted by atomic mass is 10.2. The maximum atomic E-state index is 12.0. The van der Waals surface area contributed by atoms with Crippen molar-refractivity contribution in [1.82, 2.24) is 10.3 Å². The van der Waals surface area contributed by atoms with Crippen molar-refractivity contribution in [3.8, 4) is 11.5 Å². The van der Waals surface area contributed by atoms with Gasteiger partial charge < -0.3 is 24.5 Å². The van der Waals surface area contributed by atoms with E-state index in [-0.39, 0.29) is 19.0 Å². The number of aromatic amines is 1. The van der Waals surface area contributed by atoms with Crippen LogP contribution in [0.5, 0.6) is 11.5 Å². The van der Waals surface area contributed by atoms with E-state index in [9.17, 15) is 9.59 Å². The second kappa shape index (κ2) is 6.84. The number of nitrogens with one attached hydrogen (secondary N) is 2. The quantitative estimate of drug-likeness (QED) is 0.807. The van der Waals surface area contributed by atoms with Gasteiger partial charge in [0.15, 0.2) is 17.6 Å². The summed E-state index contributed by atoms with van der Waals surface area (Å²) in [4.78, 5) is 26.6. The first-order chi connectivity index (χ1) is 11.5. The molecule has 0 fully saturated rings. The molecule has 0 aliphatic carbocycles. The Morgan fingerprint density at radius 1 is 1.33 bits per heavy atom. The van der Waals surface area contributed by atoms with Crippen LogP contribution >= 0.6 is 11.6 Å². The largest absolute Gasteiger partial charge is 0.454 e. The van der Waals surface area contributed by atoms with Crippen molar-refractivity contribution in [2.75, 3.05) is 6.79 Å². The third-order valence-electron chi connectivity index (χ3n) is 3.42. The van der Waals surface area contributed by atoms with Gasteiger partial charge in [-0.05, 0) is 30.7 Å². The van der Waals surface area contributed by atoms with E-state index in [0.29, 0.717) is 16.5 Å². The molecule has 1 amide bonds. The molecule has 1 atom stereocenters. The zero-order chi connectivity index (χ0) is 17.1. The van der Waals surface area contributed by atoms with Gasteiger partial charge in [0, 0.05) is 12.7 Å². The molecule has 24 heavy (non-hydrogen) atoms. The molecule has 1 unspecified atom stereocenters. The van der Waals surface area contributed by atoms with Gasteiger partial charge in [-0.15, -0.1) is 0 Å². The van der Waals surface area contributed by atoms with Crippen LogP contribution in [0.15, 0.2) is 30.5 Å². The molecule has 0 bridgehead atoms. The third-order valence-corrected chi connectivity index (χ3v) is 3.64. The minimum Gasteiger partial charge on any atom is -0.454 e. The van der Waals surface area contributed by atoms with Gasteiger partial charge in [-0.25, -0.2) is 4.79 Å². The average Bonchev–Trinajstić information content (AvgIpc) is 3.20. The van der Waals surface area contributed by atoms with E-state index in [1.165, 1.54) is 19.2 Å². The van der Waals surface area contributed by atoms with Gasteiger partial charge >= 0.3 is 5.97 Å². The number of carbonyl (C=O) groups is 2. The first-order valence-electron chi connectivity index (χ1n) is 7.24. The first-order valence-corrected chi connectivity index (χ1v) is 7.62. The van der Waals surface area contributed by atoms with E-state index in [0.717, 1.165) is 5.56 Å². The Hall–Kier alpha value is -2.67. The molecule has 8 heteroatoms. The van der Waals surface area contributed by atoms with Crippen molar-refractivity contribution in [2.45, 2.75) is 19.6 Å². The van der Waals surface area contributed by atoms with Gasteiger partial charge in [0.25, 0.3) is 5.91 Å². The predicted molar refractivity (Wildman–Crippen MR) is 85.1 cm³/mol. The second-order valence-electron chi connectivity index (χ2n) is 5.18. The normalized spacial score (nSPS) is 13.4. The van der Waals surface area contributed by atoms with Crippen molar-refractivity contribution < 1.29 is 23.8 Å². The molecule has 3 rings (SSSR count). The van der Waals surface area contributed by atoms with Crippen LogP contribution in [-0.4, -0.2) is 29.8 Å². The Morgan fingerprint density at radius 2 is 2.12 bits per heavy atom. The standard InChI is InChI=1S/C16H15ClN2O5/c1-9(24-16(21)12-5-11(17)7-18-12)15(20)19-6-10-2-3-13-14(4-10)23-8-22-13/h2-5,7,9,18H,6,8H2,1H3,(H,19,20). The van der Waals surface area contributed by atoms with Crippen molar-refractivity contribution in [3.05, 3.63) is 46.7 Å². The SMILES string of the molecule is CC(OC(=O)c1cc(Cl)c[nH]1)C(=O)NCc1ccc2c(c1)OCO2. The van der Waals surface area contributed by atoms with Crippen LogP contribution in [0.25, 0.3) is 0 Å². The highest BCUT2D eigenvalue weighted by atomic mass is 35.5. The summed E-state index contributed by atoms with van der Waals surface area (Å²) < 4.78 is 15.6. The highest BCUT2D eigenvalue weighted by Crippen LogP contribution is 2.32. The summed E-state index contributed by atoms with van der Waals surface area (Å²) in [6.07, 6.45) is 0.524. The number of ether oxygens (including phenoxy) is 3. The number of amides is 1. The van der Waals surface area contributed by atoms with Crippen molar-refractivity contribution in [2.24, 2.45) is 0 Å². The fourth-order valence-electron chi connectivity index (χ4n) is 2.15. The number of H-pyrrole nitrogens is 1. The fourth-order valence-corrected chi connectivity index (χ4v) is 2.31. The highest BCUT2D eigenvalue weighted by molar-refractivity contribution is 6.30. The minimum absolute atomic E-state index is 0.190. The van der Waals surface area contributed by atoms with Crippen LogP contribution in [0.4, 0.5) is 0 Å². The van der Waals surface area contributed by atoms with Crippen molar-refractivity contribution >= 4 is 23.5 Å². The number of halogens is 1. The number of benzene rings is 1. The van der Waals surface area contributed by atoms with Crippen LogP contribution < -0.4 is 14.8 Å². The van der Waals surface area contributed by atoms with Gasteiger partial charge in [-0.3, -0.25) is 4.79 Å². The Labute approximate surface area is 142 Å². The molecular weight excluding hydrogens is 336 g/mol. The maximum Gasteiger partial charge on any atom is 0.355 e. The zero-order valence-electron chi connectivity index (χ0n) is 12.8. The van der Waals surface area contributed by atoms with E-state index >= 15 is 0 Å². The minimum atomic E-state index is -0.936. The van der Waals surface area contributed by atoms with Crippen molar-refractivity contribution in [1.29, 1.82) is 0 Å². The molecule has 1 aromatic heterocycles. The number of hydrogen-bond acceptors (Lipinski definition) is 5. The molecule has 2 aromatic rings. The number of esters is 1. The van der Waals surface area contributed by atoms with Gasteiger partial charge in [-0.2, -0.15) is 0 Å². The Morgan fingerprint density at radius 3 is 2.88 bits per heavy atom. The second-order valence-corrected chi connectivity index (χ2v) is 5.62. The molecule has 7 nitrogen and oxygen atoms in total. The van der Waals surface area contributed by atoms with Crippen molar-refractivity contribution in [3.63, 3.8) is 0 Å². The molecule has 1 aromatic carbocycles. The third kappa shape index (κ3) is 3.62. The summed E-state index contributed by atoms with van der Waals surface area (Å²) in [5.74, 6) is 0.271. The summed E-state index contributed by atoms with van der Waals surface area (Å²) >= 11 is 5.72. The Kier molecular flexibility index (Phi) is 4.61. The molecule has 0 radical (unpaired) electrons. The molecule has 2 heterocycles. The summed E-state index contributed by atoms with van der Waals surface area (Å²) in [7, 11) is 0. The van der Waals surface area contributed by atoms with Gasteiger partial charge in [0.2, 0.25) is 6.79 Å². The average molecular weight is 351 g/mol. The summed E-state index contributed by atoms with van der Waals surface area (Å²) in [6.45, 7) is 1.98. The molecule has 1 aliphatic heterocycles. The zero-order valence-corrected chi connectivity index (χ0v) is 13.6. The predicted octanol–water partition coefficient (Wildman–Crippen LogP) is 2.26. The lowest BCUT2D eigenvalue weighted by molar-refractivity contribution is -0.129. The topological polar surface area (TPSA) is 89.7 Å². The van der Waals surface area contributed by atoms with Crippen LogP contribution in [0.3, 0.4) is 0 Å². The molecule has 0 saturated carbocycles. The number of carbonyl (C=O) groups excluding carboxylic acids is 2. The van der Waals surface area contributed by atoms with Crippen LogP contribution in [0, 0.1) is 0 Å². The van der Waals surface area contributed by atoms with Gasteiger partial charge in [0.1, 0.15) is 5.69 Å². The van der Waals surface area contributed by atoms with E-state index in [4.69, 9.17) is 25.8 Å². The van der Waals surface area contributed by atoms with Crippen LogP contribution in [0.1, 0.15) is 23.0 Å². The Balaban J connectivity index is 1.52. The van der Waals surface area contributed by atoms with Gasteiger partial charge in [-0.1, -0.05) is 17.7 Å².